The minimum Gasteiger partial charge on any atom is -0.464 e. The number of aromatic nitrogens is 3. The van der Waals surface area contributed by atoms with Gasteiger partial charge in [-0.15, -0.1) is 0 Å². The van der Waals surface area contributed by atoms with Crippen molar-refractivity contribution in [1.82, 2.24) is 20.3 Å². The van der Waals surface area contributed by atoms with Crippen LogP contribution in [-0.2, 0) is 24.1 Å². The molecule has 6 nitrogen and oxygen atoms in total. The summed E-state index contributed by atoms with van der Waals surface area (Å²) in [6.45, 7) is 1.48. The maximum atomic E-state index is 11.9. The van der Waals surface area contributed by atoms with Crippen LogP contribution >= 0.6 is 0 Å². The van der Waals surface area contributed by atoms with Gasteiger partial charge in [0.2, 0.25) is 0 Å². The lowest BCUT2D eigenvalue weighted by atomic mass is 10.0. The largest absolute Gasteiger partial charge is 0.464 e. The maximum Gasteiger partial charge on any atom is 0.357 e. The van der Waals surface area contributed by atoms with Crippen LogP contribution < -0.4 is 5.32 Å². The van der Waals surface area contributed by atoms with Crippen LogP contribution in [0, 0.1) is 0 Å². The molecule has 21 heavy (non-hydrogen) atoms. The van der Waals surface area contributed by atoms with Gasteiger partial charge in [-0.1, -0.05) is 0 Å². The molecule has 3 heterocycles. The van der Waals surface area contributed by atoms with Crippen LogP contribution in [0.2, 0.25) is 0 Å². The number of carbonyl (C=O) groups is 1. The predicted molar refractivity (Wildman–Crippen MR) is 75.8 cm³/mol. The maximum absolute atomic E-state index is 11.9. The third-order valence-corrected chi connectivity index (χ3v) is 3.47. The SMILES string of the molecule is COC(=O)c1nc(Cc2ccncc2)nc2c1CCNC2. The predicted octanol–water partition coefficient (Wildman–Crippen LogP) is 0.895. The first-order valence-electron chi connectivity index (χ1n) is 6.84. The van der Waals surface area contributed by atoms with Gasteiger partial charge in [0.15, 0.2) is 5.69 Å². The number of hydrogen-bond acceptors (Lipinski definition) is 6. The second-order valence-electron chi connectivity index (χ2n) is 4.86. The molecule has 0 saturated carbocycles. The molecule has 0 bridgehead atoms. The molecule has 0 amide bonds. The van der Waals surface area contributed by atoms with Gasteiger partial charge in [-0.2, -0.15) is 0 Å². The van der Waals surface area contributed by atoms with E-state index in [9.17, 15) is 4.79 Å². The molecule has 108 valence electrons. The molecule has 6 heteroatoms. The molecule has 3 rings (SSSR count). The number of esters is 1. The fourth-order valence-corrected chi connectivity index (χ4v) is 2.44. The minimum atomic E-state index is -0.397. The van der Waals surface area contributed by atoms with E-state index in [0.717, 1.165) is 29.8 Å². The standard InChI is InChI=1S/C15H16N4O2/c1-21-15(20)14-11-4-7-17-9-12(11)18-13(19-14)8-10-2-5-16-6-3-10/h2-3,5-6,17H,4,7-9H2,1H3. The van der Waals surface area contributed by atoms with Crippen molar-refractivity contribution in [3.05, 3.63) is 52.9 Å². The first-order valence-corrected chi connectivity index (χ1v) is 6.84. The zero-order chi connectivity index (χ0) is 14.7. The number of nitrogens with one attached hydrogen (secondary N) is 1. The van der Waals surface area contributed by atoms with Gasteiger partial charge >= 0.3 is 5.97 Å². The number of fused-ring (bicyclic) bond motifs is 1. The highest BCUT2D eigenvalue weighted by Gasteiger charge is 2.22. The number of ether oxygens (including phenoxy) is 1. The Labute approximate surface area is 122 Å². The first-order chi connectivity index (χ1) is 10.3. The van der Waals surface area contributed by atoms with E-state index >= 15 is 0 Å². The fraction of sp³-hybridized carbons (Fsp3) is 0.333. The Bertz CT molecular complexity index is 658. The van der Waals surface area contributed by atoms with Gasteiger partial charge in [-0.05, 0) is 30.7 Å². The highest BCUT2D eigenvalue weighted by molar-refractivity contribution is 5.89. The van der Waals surface area contributed by atoms with E-state index in [-0.39, 0.29) is 0 Å². The number of hydrogen-bond donors (Lipinski definition) is 1. The molecule has 0 radical (unpaired) electrons. The van der Waals surface area contributed by atoms with Gasteiger partial charge in [-0.3, -0.25) is 4.98 Å². The van der Waals surface area contributed by atoms with E-state index in [0.29, 0.717) is 24.5 Å². The molecule has 0 fully saturated rings. The van der Waals surface area contributed by atoms with Crippen LogP contribution in [0.5, 0.6) is 0 Å². The monoisotopic (exact) mass is 284 g/mol. The molecule has 1 N–H and O–H groups in total. The molecule has 0 unspecified atom stereocenters. The van der Waals surface area contributed by atoms with E-state index in [1.165, 1.54) is 7.11 Å². The molecule has 0 saturated heterocycles. The number of pyridine rings is 1. The Hall–Kier alpha value is -2.34. The average molecular weight is 284 g/mol. The van der Waals surface area contributed by atoms with Gasteiger partial charge in [0.05, 0.1) is 12.8 Å². The quantitative estimate of drug-likeness (QED) is 0.844. The summed E-state index contributed by atoms with van der Waals surface area (Å²) in [5.41, 5.74) is 3.25. The van der Waals surface area contributed by atoms with Crippen LogP contribution in [-0.4, -0.2) is 34.6 Å². The normalized spacial score (nSPS) is 13.6. The van der Waals surface area contributed by atoms with Crippen molar-refractivity contribution in [3.8, 4) is 0 Å². The van der Waals surface area contributed by atoms with Crippen molar-refractivity contribution in [2.75, 3.05) is 13.7 Å². The molecular formula is C15H16N4O2. The summed E-state index contributed by atoms with van der Waals surface area (Å²) >= 11 is 0. The van der Waals surface area contributed by atoms with Crippen molar-refractivity contribution in [2.24, 2.45) is 0 Å². The molecule has 0 atom stereocenters. The van der Waals surface area contributed by atoms with Crippen LogP contribution in [0.25, 0.3) is 0 Å². The van der Waals surface area contributed by atoms with Crippen LogP contribution in [0.3, 0.4) is 0 Å². The summed E-state index contributed by atoms with van der Waals surface area (Å²) in [4.78, 5) is 24.9. The van der Waals surface area contributed by atoms with Crippen molar-refractivity contribution in [3.63, 3.8) is 0 Å². The van der Waals surface area contributed by atoms with Crippen molar-refractivity contribution in [2.45, 2.75) is 19.4 Å². The van der Waals surface area contributed by atoms with Crippen molar-refractivity contribution >= 4 is 5.97 Å². The second kappa shape index (κ2) is 5.97. The molecule has 0 aromatic carbocycles. The third kappa shape index (κ3) is 2.90. The topological polar surface area (TPSA) is 77.0 Å². The number of carbonyl (C=O) groups excluding carboxylic acids is 1. The van der Waals surface area contributed by atoms with E-state index < -0.39 is 5.97 Å². The van der Waals surface area contributed by atoms with Gasteiger partial charge < -0.3 is 10.1 Å². The number of nitrogens with zero attached hydrogens (tertiary/aromatic N) is 3. The summed E-state index contributed by atoms with van der Waals surface area (Å²) in [6, 6.07) is 3.83. The van der Waals surface area contributed by atoms with Crippen molar-refractivity contribution in [1.29, 1.82) is 0 Å². The molecule has 1 aliphatic rings. The summed E-state index contributed by atoms with van der Waals surface area (Å²) in [6.07, 6.45) is 4.78. The van der Waals surface area contributed by atoms with Crippen LogP contribution in [0.1, 0.15) is 33.1 Å². The molecule has 2 aromatic rings. The average Bonchev–Trinajstić information content (AvgIpc) is 2.54. The molecule has 1 aliphatic heterocycles. The highest BCUT2D eigenvalue weighted by atomic mass is 16.5. The zero-order valence-electron chi connectivity index (χ0n) is 11.8. The van der Waals surface area contributed by atoms with Gasteiger partial charge in [0.25, 0.3) is 0 Å². The lowest BCUT2D eigenvalue weighted by molar-refractivity contribution is 0.0591. The van der Waals surface area contributed by atoms with Gasteiger partial charge in [0.1, 0.15) is 5.82 Å². The fourth-order valence-electron chi connectivity index (χ4n) is 2.44. The summed E-state index contributed by atoms with van der Waals surface area (Å²) in [5.74, 6) is 0.232. The van der Waals surface area contributed by atoms with E-state index in [1.807, 2.05) is 12.1 Å². The molecule has 0 aliphatic carbocycles. The smallest absolute Gasteiger partial charge is 0.357 e. The minimum absolute atomic E-state index is 0.396. The highest BCUT2D eigenvalue weighted by Crippen LogP contribution is 2.18. The Morgan fingerprint density at radius 3 is 2.90 bits per heavy atom. The van der Waals surface area contributed by atoms with Crippen molar-refractivity contribution < 1.29 is 9.53 Å². The molecule has 2 aromatic heterocycles. The molecule has 0 spiro atoms. The third-order valence-electron chi connectivity index (χ3n) is 3.47. The van der Waals surface area contributed by atoms with Crippen LogP contribution in [0.15, 0.2) is 24.5 Å². The Morgan fingerprint density at radius 1 is 1.33 bits per heavy atom. The number of methoxy groups -OCH3 is 1. The summed E-state index contributed by atoms with van der Waals surface area (Å²) in [5, 5.41) is 3.26. The zero-order valence-corrected chi connectivity index (χ0v) is 11.8. The lowest BCUT2D eigenvalue weighted by Gasteiger charge is -2.19. The van der Waals surface area contributed by atoms with Gasteiger partial charge in [-0.25, -0.2) is 14.8 Å². The molecular weight excluding hydrogens is 268 g/mol. The van der Waals surface area contributed by atoms with Crippen LogP contribution in [0.4, 0.5) is 0 Å². The van der Waals surface area contributed by atoms with E-state index in [1.54, 1.807) is 12.4 Å². The lowest BCUT2D eigenvalue weighted by Crippen LogP contribution is -2.28. The second-order valence-corrected chi connectivity index (χ2v) is 4.86. The Balaban J connectivity index is 2.00. The van der Waals surface area contributed by atoms with E-state index in [4.69, 9.17) is 4.74 Å². The summed E-state index contributed by atoms with van der Waals surface area (Å²) in [7, 11) is 1.38. The summed E-state index contributed by atoms with van der Waals surface area (Å²) < 4.78 is 4.85. The van der Waals surface area contributed by atoms with E-state index in [2.05, 4.69) is 20.3 Å². The first kappa shape index (κ1) is 13.6. The number of rotatable bonds is 3. The Kier molecular flexibility index (Phi) is 3.87. The van der Waals surface area contributed by atoms with Gasteiger partial charge in [0, 0.05) is 30.9 Å². The Morgan fingerprint density at radius 2 is 2.14 bits per heavy atom.